The second-order valence-electron chi connectivity index (χ2n) is 12.9. The van der Waals surface area contributed by atoms with Crippen LogP contribution in [-0.4, -0.2) is 77.5 Å². The number of carbonyl (C=O) groups excluding carboxylic acids is 3. The predicted molar refractivity (Wildman–Crippen MR) is 153 cm³/mol. The highest BCUT2D eigenvalue weighted by molar-refractivity contribution is 6.02. The zero-order chi connectivity index (χ0) is 28.0. The molecule has 1 aromatic carbocycles. The normalized spacial score (nSPS) is 36.7. The summed E-state index contributed by atoms with van der Waals surface area (Å²) < 4.78 is 6.52. The number of hydrogen-bond acceptors (Lipinski definition) is 5. The first-order valence-corrected chi connectivity index (χ1v) is 15.4. The fourth-order valence-corrected chi connectivity index (χ4v) is 7.97. The van der Waals surface area contributed by atoms with Gasteiger partial charge in [-0.25, -0.2) is 0 Å². The predicted octanol–water partition coefficient (Wildman–Crippen LogP) is 3.51. The minimum absolute atomic E-state index is 0.0799. The van der Waals surface area contributed by atoms with Crippen LogP contribution >= 0.6 is 0 Å². The fraction of sp³-hybridized carbons (Fsp3) is 0.656. The number of aryl methyl sites for hydroxylation is 1. The Labute approximate surface area is 237 Å². The van der Waals surface area contributed by atoms with Crippen LogP contribution in [0.4, 0.5) is 5.69 Å². The maximum Gasteiger partial charge on any atom is 0.246 e. The van der Waals surface area contributed by atoms with Gasteiger partial charge in [0, 0.05) is 18.3 Å². The molecule has 3 amide bonds. The van der Waals surface area contributed by atoms with E-state index in [1.807, 2.05) is 43.3 Å². The number of amides is 3. The number of ether oxygens (including phenoxy) is 1. The molecule has 6 unspecified atom stereocenters. The molecule has 2 N–H and O–H groups in total. The van der Waals surface area contributed by atoms with Crippen LogP contribution in [0.3, 0.4) is 0 Å². The van der Waals surface area contributed by atoms with Crippen molar-refractivity contribution >= 4 is 23.4 Å². The zero-order valence-electron chi connectivity index (χ0n) is 24.1. The van der Waals surface area contributed by atoms with Gasteiger partial charge >= 0.3 is 0 Å². The number of carbonyl (C=O) groups is 3. The average Bonchev–Trinajstić information content (AvgIpc) is 3.70. The molecule has 216 valence electrons. The van der Waals surface area contributed by atoms with Crippen molar-refractivity contribution in [2.75, 3.05) is 31.5 Å². The number of nitrogens with zero attached hydrogens (tertiary/aromatic N) is 2. The molecule has 6 rings (SSSR count). The quantitative estimate of drug-likeness (QED) is 0.486. The van der Waals surface area contributed by atoms with Gasteiger partial charge in [0.1, 0.15) is 11.6 Å². The molecule has 0 aromatic heterocycles. The van der Waals surface area contributed by atoms with E-state index < -0.39 is 29.6 Å². The van der Waals surface area contributed by atoms with E-state index in [1.54, 1.807) is 4.90 Å². The number of anilines is 1. The van der Waals surface area contributed by atoms with E-state index in [0.29, 0.717) is 24.1 Å². The first-order chi connectivity index (χ1) is 19.3. The van der Waals surface area contributed by atoms with Crippen molar-refractivity contribution in [3.05, 3.63) is 42.0 Å². The van der Waals surface area contributed by atoms with Crippen molar-refractivity contribution in [1.29, 1.82) is 0 Å². The van der Waals surface area contributed by atoms with Crippen molar-refractivity contribution in [3.63, 3.8) is 0 Å². The summed E-state index contributed by atoms with van der Waals surface area (Å²) in [5.41, 5.74) is 0.633. The topological polar surface area (TPSA) is 91.0 Å². The molecule has 8 atom stereocenters. The van der Waals surface area contributed by atoms with Gasteiger partial charge in [-0.1, -0.05) is 51.0 Å². The summed E-state index contributed by atoms with van der Waals surface area (Å²) in [5, 5.41) is 6.37. The summed E-state index contributed by atoms with van der Waals surface area (Å²) in [6, 6.07) is 6.96. The summed E-state index contributed by atoms with van der Waals surface area (Å²) in [7, 11) is 0. The van der Waals surface area contributed by atoms with Gasteiger partial charge in [0.25, 0.3) is 0 Å². The highest BCUT2D eigenvalue weighted by atomic mass is 16.5. The van der Waals surface area contributed by atoms with E-state index >= 15 is 0 Å². The van der Waals surface area contributed by atoms with Gasteiger partial charge < -0.3 is 25.2 Å². The van der Waals surface area contributed by atoms with E-state index in [-0.39, 0.29) is 23.8 Å². The lowest BCUT2D eigenvalue weighted by atomic mass is 9.73. The van der Waals surface area contributed by atoms with E-state index in [1.165, 1.54) is 19.3 Å². The summed E-state index contributed by atoms with van der Waals surface area (Å²) in [4.78, 5) is 46.2. The van der Waals surface area contributed by atoms with E-state index in [0.717, 1.165) is 44.5 Å². The number of likely N-dealkylation sites (tertiary alicyclic amines) is 2. The third-order valence-electron chi connectivity index (χ3n) is 10.3. The van der Waals surface area contributed by atoms with E-state index in [9.17, 15) is 14.4 Å². The Bertz CT molecular complexity index is 1180. The summed E-state index contributed by atoms with van der Waals surface area (Å²) in [6.45, 7) is 10.0. The Hall–Kier alpha value is -2.71. The van der Waals surface area contributed by atoms with Crippen LogP contribution < -0.4 is 10.6 Å². The Morgan fingerprint density at radius 1 is 1.07 bits per heavy atom. The monoisotopic (exact) mass is 548 g/mol. The second-order valence-corrected chi connectivity index (χ2v) is 12.9. The van der Waals surface area contributed by atoms with Crippen molar-refractivity contribution in [3.8, 4) is 0 Å². The lowest BCUT2D eigenvalue weighted by Crippen LogP contribution is -2.58. The summed E-state index contributed by atoms with van der Waals surface area (Å²) in [5.74, 6) is -0.984. The van der Waals surface area contributed by atoms with Crippen molar-refractivity contribution in [1.82, 2.24) is 15.1 Å². The molecule has 1 aromatic rings. The average molecular weight is 549 g/mol. The third-order valence-corrected chi connectivity index (χ3v) is 10.3. The Kier molecular flexibility index (Phi) is 7.51. The lowest BCUT2D eigenvalue weighted by Gasteiger charge is -2.38. The van der Waals surface area contributed by atoms with E-state index in [2.05, 4.69) is 29.4 Å². The molecule has 8 nitrogen and oxygen atoms in total. The summed E-state index contributed by atoms with van der Waals surface area (Å²) in [6.07, 6.45) is 9.73. The molecule has 4 fully saturated rings. The van der Waals surface area contributed by atoms with Gasteiger partial charge in [-0.05, 0) is 81.8 Å². The molecule has 4 heterocycles. The van der Waals surface area contributed by atoms with Crippen LogP contribution in [0.15, 0.2) is 36.4 Å². The Morgan fingerprint density at radius 2 is 1.88 bits per heavy atom. The fourth-order valence-electron chi connectivity index (χ4n) is 7.97. The van der Waals surface area contributed by atoms with Gasteiger partial charge in [-0.3, -0.25) is 14.4 Å². The standard InChI is InChI=1S/C32H44N4O4/c1-20-9-6-11-23(19-20)33-29(37)26-25-13-14-32(40-25)27(26)31(39)36(18-8-17-35-15-4-5-16-35)28(32)30(38)34-24-12-7-10-21(2)22(24)3/h6,9,11,13-14,19,21-22,24-28H,4-5,7-8,10,12,15-18H2,1-3H3,(H,33,37)(H,34,38)/t21?,22?,24?,25-,26?,27-,28?,32?/m1/s1. The maximum atomic E-state index is 14.2. The van der Waals surface area contributed by atoms with Gasteiger partial charge in [0.15, 0.2) is 0 Å². The van der Waals surface area contributed by atoms with Crippen LogP contribution in [0.25, 0.3) is 0 Å². The highest BCUT2D eigenvalue weighted by Crippen LogP contribution is 2.55. The minimum Gasteiger partial charge on any atom is -0.359 e. The van der Waals surface area contributed by atoms with Crippen molar-refractivity contribution in [2.45, 2.75) is 83.1 Å². The van der Waals surface area contributed by atoms with Gasteiger partial charge in [0.2, 0.25) is 17.7 Å². The molecule has 0 radical (unpaired) electrons. The molecular formula is C32H44N4O4. The minimum atomic E-state index is -1.11. The highest BCUT2D eigenvalue weighted by Gasteiger charge is 2.72. The smallest absolute Gasteiger partial charge is 0.246 e. The lowest BCUT2D eigenvalue weighted by molar-refractivity contribution is -0.141. The maximum absolute atomic E-state index is 14.2. The molecule has 8 heteroatoms. The third kappa shape index (κ3) is 4.77. The second kappa shape index (κ2) is 10.9. The molecule has 1 spiro atoms. The number of benzene rings is 1. The van der Waals surface area contributed by atoms with E-state index in [4.69, 9.17) is 4.74 Å². The van der Waals surface area contributed by atoms with Gasteiger partial charge in [-0.15, -0.1) is 0 Å². The van der Waals surface area contributed by atoms with Crippen molar-refractivity contribution < 1.29 is 19.1 Å². The largest absolute Gasteiger partial charge is 0.359 e. The van der Waals surface area contributed by atoms with Crippen LogP contribution in [0.1, 0.15) is 57.9 Å². The Morgan fingerprint density at radius 3 is 2.65 bits per heavy atom. The van der Waals surface area contributed by atoms with Crippen LogP contribution in [0.2, 0.25) is 0 Å². The number of fused-ring (bicyclic) bond motifs is 1. The zero-order valence-corrected chi connectivity index (χ0v) is 24.1. The molecule has 4 aliphatic heterocycles. The first kappa shape index (κ1) is 27.5. The van der Waals surface area contributed by atoms with Crippen LogP contribution in [-0.2, 0) is 19.1 Å². The molecule has 3 saturated heterocycles. The molecule has 40 heavy (non-hydrogen) atoms. The summed E-state index contributed by atoms with van der Waals surface area (Å²) >= 11 is 0. The number of nitrogens with one attached hydrogen (secondary N) is 2. The molecule has 2 bridgehead atoms. The van der Waals surface area contributed by atoms with Crippen molar-refractivity contribution in [2.24, 2.45) is 23.7 Å². The molecular weight excluding hydrogens is 504 g/mol. The molecule has 5 aliphatic rings. The molecule has 1 aliphatic carbocycles. The Balaban J connectivity index is 1.26. The SMILES string of the molecule is Cc1cccc(NC(=O)C2[C@H]3C=CC4(O3)C(C(=O)NC3CCCC(C)C3C)N(CCCN3CCCC3)C(=O)[C@@H]24)c1. The first-order valence-electron chi connectivity index (χ1n) is 15.4. The molecule has 1 saturated carbocycles. The van der Waals surface area contributed by atoms with Gasteiger partial charge in [-0.2, -0.15) is 0 Å². The van der Waals surface area contributed by atoms with Crippen LogP contribution in [0.5, 0.6) is 0 Å². The van der Waals surface area contributed by atoms with Crippen LogP contribution in [0, 0.1) is 30.6 Å². The number of hydrogen-bond donors (Lipinski definition) is 2. The van der Waals surface area contributed by atoms with Gasteiger partial charge in [0.05, 0.1) is 17.9 Å². The number of rotatable bonds is 8.